The predicted molar refractivity (Wildman–Crippen MR) is 402 cm³/mol. The van der Waals surface area contributed by atoms with Gasteiger partial charge in [0.05, 0.1) is 109 Å². The van der Waals surface area contributed by atoms with E-state index in [1.54, 1.807) is 118 Å². The second kappa shape index (κ2) is 37.8. The number of nitrogens with zero attached hydrogens (tertiary/aromatic N) is 10. The van der Waals surface area contributed by atoms with Crippen LogP contribution in [0, 0.1) is 24.7 Å². The lowest BCUT2D eigenvalue weighted by molar-refractivity contribution is -0.186. The Hall–Kier alpha value is -8.79. The summed E-state index contributed by atoms with van der Waals surface area (Å²) in [5.41, 5.74) is 11.4. The molecule has 3 fully saturated rings. The summed E-state index contributed by atoms with van der Waals surface area (Å²) in [7, 11) is 0. The van der Waals surface area contributed by atoms with E-state index in [0.29, 0.717) is 123 Å². The fourth-order valence-electron chi connectivity index (χ4n) is 11.6. The van der Waals surface area contributed by atoms with Crippen molar-refractivity contribution in [3.63, 3.8) is 0 Å². The molecule has 0 bridgehead atoms. The van der Waals surface area contributed by atoms with Crippen LogP contribution >= 0.6 is 75.3 Å². The maximum atomic E-state index is 12.8. The molecule has 3 aliphatic rings. The number of aromatic nitrogens is 11. The van der Waals surface area contributed by atoms with Crippen LogP contribution in [0.15, 0.2) is 170 Å². The average molecular weight is 1760 g/mol. The standard InChI is InChI=1S/C18H18F3N3O2.C15H14BrF3N2O.C15H16F3N3O.C9H10BrNO2.C8H4BrClN2.C8H5BrN2O/c1-2-16(25)24-12-9-14-15(23-10-12)7-8-22-17(14)26-13-5-3-11(4-6-13)18(19,20)21;16-10-7-12-13(21-8-10)5-6-20-14(12)22-11-3-1-9(2-4-11)15(17,18)19;16-15(17,18)9-1-3-11(4-2-9)22-14-12-7-10(19)8-21-13(12)5-6-20-14;1-3-13-9(12)8-4-7(10)5-11-6(8)2;9-5-3-6-7(12-4-5)1-2-11-8(6)10;9-5-3-6-7(11-4-5)1-2-10-8(6)12/h2,7-11,13H,1,3-6H2,(H,24,25);5-9,11H,1-4H2;5-9,11H,1-4,19H2;4-5H,3H2,1-2H3;1-4H;1-4H,(H,10,12). The molecule has 0 atom stereocenters. The molecule has 107 heavy (non-hydrogen) atoms. The molecule has 11 aromatic heterocycles. The number of halogens is 14. The summed E-state index contributed by atoms with van der Waals surface area (Å²) in [6.07, 6.45) is 8.40. The number of carbonyl (C=O) groups is 2. The maximum Gasteiger partial charge on any atom is 0.391 e. The van der Waals surface area contributed by atoms with Crippen molar-refractivity contribution in [1.82, 2.24) is 54.8 Å². The molecular formula is C73H67Br4ClF9N13O7. The molecule has 564 valence electrons. The molecule has 0 spiro atoms. The van der Waals surface area contributed by atoms with Gasteiger partial charge in [-0.05, 0) is 227 Å². The molecule has 0 aliphatic heterocycles. The second-order valence-electron chi connectivity index (χ2n) is 24.5. The number of carbonyl (C=O) groups excluding carboxylic acids is 2. The van der Waals surface area contributed by atoms with Crippen molar-refractivity contribution < 1.29 is 68.1 Å². The van der Waals surface area contributed by atoms with Crippen LogP contribution in [0.25, 0.3) is 54.5 Å². The summed E-state index contributed by atoms with van der Waals surface area (Å²) < 4.78 is 140. The fraction of sp³-hybridized carbons (Fsp3) is 0.329. The Morgan fingerprint density at radius 1 is 0.523 bits per heavy atom. The van der Waals surface area contributed by atoms with Crippen LogP contribution < -0.4 is 30.8 Å². The van der Waals surface area contributed by atoms with Gasteiger partial charge in [0.25, 0.3) is 5.56 Å². The average Bonchev–Trinajstić information content (AvgIpc) is 0.818. The van der Waals surface area contributed by atoms with Gasteiger partial charge in [0, 0.05) is 79.0 Å². The highest BCUT2D eigenvalue weighted by atomic mass is 79.9. The number of alkyl halides is 9. The summed E-state index contributed by atoms with van der Waals surface area (Å²) in [6, 6.07) is 19.4. The molecule has 0 saturated heterocycles. The molecule has 3 saturated carbocycles. The highest BCUT2D eigenvalue weighted by molar-refractivity contribution is 9.11. The Labute approximate surface area is 644 Å². The minimum absolute atomic E-state index is 0.0534. The summed E-state index contributed by atoms with van der Waals surface area (Å²) in [4.78, 5) is 78.1. The van der Waals surface area contributed by atoms with Crippen LogP contribution in [0.3, 0.4) is 0 Å². The number of anilines is 2. The molecule has 11 heterocycles. The number of nitrogens with one attached hydrogen (secondary N) is 2. The van der Waals surface area contributed by atoms with E-state index in [9.17, 15) is 53.9 Å². The molecule has 0 aromatic carbocycles. The van der Waals surface area contributed by atoms with E-state index in [0.717, 1.165) is 45.8 Å². The number of fused-ring (bicyclic) bond motifs is 5. The van der Waals surface area contributed by atoms with Gasteiger partial charge in [-0.25, -0.2) is 24.7 Å². The molecule has 0 radical (unpaired) electrons. The number of hydrogen-bond acceptors (Lipinski definition) is 18. The van der Waals surface area contributed by atoms with Crippen LogP contribution in [-0.2, 0) is 9.53 Å². The summed E-state index contributed by atoms with van der Waals surface area (Å²) >= 11 is 19.0. The highest BCUT2D eigenvalue weighted by Crippen LogP contribution is 2.42. The van der Waals surface area contributed by atoms with Gasteiger partial charge < -0.3 is 35.0 Å². The number of rotatable bonds is 10. The second-order valence-corrected chi connectivity index (χ2v) is 28.5. The van der Waals surface area contributed by atoms with Crippen LogP contribution in [0.2, 0.25) is 5.15 Å². The molecule has 0 unspecified atom stereocenters. The zero-order valence-corrected chi connectivity index (χ0v) is 63.9. The van der Waals surface area contributed by atoms with Crippen molar-refractivity contribution in [2.75, 3.05) is 17.7 Å². The van der Waals surface area contributed by atoms with Crippen molar-refractivity contribution in [1.29, 1.82) is 0 Å². The smallest absolute Gasteiger partial charge is 0.391 e. The predicted octanol–water partition coefficient (Wildman–Crippen LogP) is 19.9. The van der Waals surface area contributed by atoms with E-state index < -0.39 is 36.3 Å². The molecule has 3 aliphatic carbocycles. The highest BCUT2D eigenvalue weighted by Gasteiger charge is 2.44. The Kier molecular flexibility index (Phi) is 29.1. The minimum Gasteiger partial charge on any atom is -0.474 e. The number of ether oxygens (including phenoxy) is 4. The quantitative estimate of drug-likeness (QED) is 0.0497. The molecule has 1 amide bonds. The number of nitrogen functional groups attached to an aromatic ring is 1. The first-order valence-corrected chi connectivity index (χ1v) is 36.7. The topological polar surface area (TPSA) is 271 Å². The Bertz CT molecular complexity index is 4840. The van der Waals surface area contributed by atoms with Crippen molar-refractivity contribution in [3.8, 4) is 17.6 Å². The normalized spacial score (nSPS) is 17.9. The van der Waals surface area contributed by atoms with Crippen molar-refractivity contribution in [2.45, 2.75) is 128 Å². The number of aromatic amines is 1. The number of aryl methyl sites for hydroxylation is 1. The zero-order valence-electron chi connectivity index (χ0n) is 56.8. The number of H-pyrrole nitrogens is 1. The number of amides is 1. The van der Waals surface area contributed by atoms with Gasteiger partial charge in [-0.15, -0.1) is 0 Å². The minimum atomic E-state index is -4.15. The van der Waals surface area contributed by atoms with Crippen LogP contribution in [0.4, 0.5) is 50.9 Å². The van der Waals surface area contributed by atoms with Gasteiger partial charge in [-0.2, -0.15) is 39.5 Å². The Balaban J connectivity index is 0.000000152. The maximum absolute atomic E-state index is 12.8. The zero-order chi connectivity index (χ0) is 77.2. The lowest BCUT2D eigenvalue weighted by atomic mass is 9.87. The fourth-order valence-corrected chi connectivity index (χ4v) is 13.1. The van der Waals surface area contributed by atoms with Crippen LogP contribution in [0.1, 0.15) is 100 Å². The molecule has 34 heteroatoms. The summed E-state index contributed by atoms with van der Waals surface area (Å²) in [6.45, 7) is 7.32. The molecule has 4 N–H and O–H groups in total. The van der Waals surface area contributed by atoms with Gasteiger partial charge in [-0.3, -0.25) is 39.5 Å². The Morgan fingerprint density at radius 3 is 1.35 bits per heavy atom. The number of hydrogen-bond donors (Lipinski definition) is 3. The van der Waals surface area contributed by atoms with Crippen molar-refractivity contribution in [2.24, 2.45) is 17.8 Å². The van der Waals surface area contributed by atoms with Gasteiger partial charge in [-0.1, -0.05) is 18.2 Å². The van der Waals surface area contributed by atoms with Gasteiger partial charge in [0.15, 0.2) is 0 Å². The van der Waals surface area contributed by atoms with E-state index in [2.05, 4.69) is 130 Å². The first-order chi connectivity index (χ1) is 50.9. The SMILES string of the molecule is C=CC(=O)Nc1cnc2ccnc(OC3CCC(C(F)(F)F)CC3)c2c1.CCOC(=O)c1cc(Br)cnc1C.Clc1nccc2ncc(Br)cc12.FC(F)(F)C1CCC(Oc2nccc3ncc(Br)cc23)CC1.Nc1cnc2ccnc(OC3CCC(C(F)(F)F)CC3)c2c1.O=c1[nH]ccc2ncc(Br)cc12. The molecule has 20 nitrogen and oxygen atoms in total. The van der Waals surface area contributed by atoms with E-state index in [-0.39, 0.29) is 74.3 Å². The largest absolute Gasteiger partial charge is 0.474 e. The van der Waals surface area contributed by atoms with E-state index in [1.807, 2.05) is 18.2 Å². The van der Waals surface area contributed by atoms with Crippen LogP contribution in [0.5, 0.6) is 17.6 Å². The molecule has 11 aromatic rings. The van der Waals surface area contributed by atoms with Gasteiger partial charge >= 0.3 is 24.5 Å². The number of esters is 1. The monoisotopic (exact) mass is 1760 g/mol. The third kappa shape index (κ3) is 23.9. The third-order valence-corrected chi connectivity index (χ3v) is 19.1. The number of nitrogens with two attached hydrogens (primary N) is 1. The van der Waals surface area contributed by atoms with Crippen molar-refractivity contribution >= 4 is 153 Å². The van der Waals surface area contributed by atoms with E-state index in [4.69, 9.17) is 36.3 Å². The molecular weight excluding hydrogens is 1700 g/mol. The lowest BCUT2D eigenvalue weighted by Gasteiger charge is -2.30. The van der Waals surface area contributed by atoms with E-state index in [1.165, 1.54) is 12.4 Å². The lowest BCUT2D eigenvalue weighted by Crippen LogP contribution is -2.32. The van der Waals surface area contributed by atoms with Crippen LogP contribution in [-0.4, -0.2) is 110 Å². The first kappa shape index (κ1) is 82.3. The summed E-state index contributed by atoms with van der Waals surface area (Å²) in [5.74, 6) is -3.26. The van der Waals surface area contributed by atoms with Gasteiger partial charge in [0.2, 0.25) is 23.5 Å². The summed E-state index contributed by atoms with van der Waals surface area (Å²) in [5, 5.41) is 6.60. The van der Waals surface area contributed by atoms with Gasteiger partial charge in [0.1, 0.15) is 23.5 Å². The van der Waals surface area contributed by atoms with E-state index >= 15 is 0 Å². The molecule has 14 rings (SSSR count). The Morgan fingerprint density at radius 2 is 0.897 bits per heavy atom. The number of pyridine rings is 11. The van der Waals surface area contributed by atoms with Crippen molar-refractivity contribution in [3.05, 3.63) is 192 Å². The third-order valence-electron chi connectivity index (χ3n) is 17.1. The first-order valence-electron chi connectivity index (χ1n) is 33.2.